The van der Waals surface area contributed by atoms with E-state index in [1.165, 1.54) is 82.8 Å². The molecule has 0 fully saturated rings. The highest BCUT2D eigenvalue weighted by Gasteiger charge is 2.38. The molecule has 9 rings (SSSR count). The van der Waals surface area contributed by atoms with E-state index in [0.29, 0.717) is 0 Å². The van der Waals surface area contributed by atoms with E-state index >= 15 is 0 Å². The van der Waals surface area contributed by atoms with Gasteiger partial charge in [-0.2, -0.15) is 0 Å². The van der Waals surface area contributed by atoms with Gasteiger partial charge in [0.1, 0.15) is 0 Å². The van der Waals surface area contributed by atoms with E-state index in [2.05, 4.69) is 148 Å². The number of nitrogens with zero attached hydrogens (tertiary/aromatic N) is 1. The molecular formula is C40H31N. The van der Waals surface area contributed by atoms with Gasteiger partial charge in [-0.05, 0) is 85.6 Å². The number of fused-ring (bicyclic) bond motifs is 11. The van der Waals surface area contributed by atoms with Gasteiger partial charge in [0.15, 0.2) is 0 Å². The van der Waals surface area contributed by atoms with E-state index < -0.39 is 0 Å². The zero-order chi connectivity index (χ0) is 27.7. The summed E-state index contributed by atoms with van der Waals surface area (Å²) >= 11 is 0. The average Bonchev–Trinajstić information content (AvgIpc) is 3.53. The lowest BCUT2D eigenvalue weighted by Crippen LogP contribution is -2.16. The summed E-state index contributed by atoms with van der Waals surface area (Å²) in [5.41, 5.74) is 14.8. The molecule has 1 heterocycles. The lowest BCUT2D eigenvalue weighted by molar-refractivity contribution is 0.660. The fourth-order valence-corrected chi connectivity index (χ4v) is 8.17. The molecule has 0 amide bonds. The third-order valence-corrected chi connectivity index (χ3v) is 10.2. The Hall–Kier alpha value is -4.62. The minimum absolute atomic E-state index is 0.0351. The molecular weight excluding hydrogens is 494 g/mol. The highest BCUT2D eigenvalue weighted by atomic mass is 15.0. The lowest BCUT2D eigenvalue weighted by Gasteiger charge is -2.24. The average molecular weight is 526 g/mol. The Labute approximate surface area is 240 Å². The second-order valence-corrected chi connectivity index (χ2v) is 13.0. The summed E-state index contributed by atoms with van der Waals surface area (Å²) in [6, 6.07) is 43.4. The summed E-state index contributed by atoms with van der Waals surface area (Å²) in [6.07, 6.45) is 0. The van der Waals surface area contributed by atoms with Crippen molar-refractivity contribution < 1.29 is 0 Å². The molecule has 0 atom stereocenters. The molecule has 1 heteroatoms. The van der Waals surface area contributed by atoms with Gasteiger partial charge in [-0.1, -0.05) is 113 Å². The molecule has 0 spiro atoms. The van der Waals surface area contributed by atoms with Crippen molar-refractivity contribution in [2.24, 2.45) is 0 Å². The van der Waals surface area contributed by atoms with Gasteiger partial charge < -0.3 is 4.57 Å². The first-order chi connectivity index (χ1) is 19.9. The standard InChI is InChI=1S/C40H31N/c1-39(2)33-15-9-7-13-27(33)28-20-18-25(21-34(28)39)41-36-16-10-8-14-29(36)32-22-31-30-19-17-24-11-5-6-12-26(24)38(30)40(3,4)35(31)23-37(32)41/h5-23H,1-4H3. The first kappa shape index (κ1) is 23.1. The molecule has 196 valence electrons. The summed E-state index contributed by atoms with van der Waals surface area (Å²) in [7, 11) is 0. The first-order valence-electron chi connectivity index (χ1n) is 14.7. The number of para-hydroxylation sites is 1. The van der Waals surface area contributed by atoms with E-state index in [1.807, 2.05) is 0 Å². The van der Waals surface area contributed by atoms with Crippen LogP contribution in [-0.2, 0) is 10.8 Å². The number of hydrogen-bond donors (Lipinski definition) is 0. The number of rotatable bonds is 1. The Morgan fingerprint density at radius 2 is 1.12 bits per heavy atom. The van der Waals surface area contributed by atoms with Gasteiger partial charge in [-0.25, -0.2) is 0 Å². The van der Waals surface area contributed by atoms with E-state index in [4.69, 9.17) is 0 Å². The molecule has 1 aromatic heterocycles. The zero-order valence-corrected chi connectivity index (χ0v) is 23.9. The van der Waals surface area contributed by atoms with Gasteiger partial charge in [-0.3, -0.25) is 0 Å². The Morgan fingerprint density at radius 1 is 0.439 bits per heavy atom. The van der Waals surface area contributed by atoms with Crippen molar-refractivity contribution in [3.8, 4) is 27.9 Å². The molecule has 2 aliphatic carbocycles. The number of benzene rings is 6. The van der Waals surface area contributed by atoms with Crippen LogP contribution >= 0.6 is 0 Å². The van der Waals surface area contributed by atoms with Gasteiger partial charge in [0, 0.05) is 27.3 Å². The molecule has 1 nitrogen and oxygen atoms in total. The summed E-state index contributed by atoms with van der Waals surface area (Å²) in [5.74, 6) is 0. The molecule has 0 aliphatic heterocycles. The maximum Gasteiger partial charge on any atom is 0.0544 e. The molecule has 6 aromatic carbocycles. The van der Waals surface area contributed by atoms with Gasteiger partial charge in [0.2, 0.25) is 0 Å². The zero-order valence-electron chi connectivity index (χ0n) is 23.9. The molecule has 0 bridgehead atoms. The lowest BCUT2D eigenvalue weighted by atomic mass is 9.80. The first-order valence-corrected chi connectivity index (χ1v) is 14.7. The van der Waals surface area contributed by atoms with Crippen LogP contribution in [0.25, 0.3) is 60.5 Å². The Bertz CT molecular complexity index is 2260. The Kier molecular flexibility index (Phi) is 4.26. The summed E-state index contributed by atoms with van der Waals surface area (Å²) in [4.78, 5) is 0. The quantitative estimate of drug-likeness (QED) is 0.201. The van der Waals surface area contributed by atoms with E-state index in [1.54, 1.807) is 0 Å². The van der Waals surface area contributed by atoms with Crippen LogP contribution in [0.2, 0.25) is 0 Å². The topological polar surface area (TPSA) is 4.93 Å². The van der Waals surface area contributed by atoms with Crippen molar-refractivity contribution in [2.75, 3.05) is 0 Å². The Balaban J connectivity index is 1.34. The maximum absolute atomic E-state index is 2.50. The van der Waals surface area contributed by atoms with Crippen molar-refractivity contribution in [1.29, 1.82) is 0 Å². The van der Waals surface area contributed by atoms with Crippen molar-refractivity contribution >= 4 is 32.6 Å². The van der Waals surface area contributed by atoms with Crippen LogP contribution in [0.3, 0.4) is 0 Å². The summed E-state index contributed by atoms with van der Waals surface area (Å²) < 4.78 is 2.50. The van der Waals surface area contributed by atoms with Crippen molar-refractivity contribution in [3.63, 3.8) is 0 Å². The van der Waals surface area contributed by atoms with E-state index in [-0.39, 0.29) is 10.8 Å². The molecule has 0 N–H and O–H groups in total. The molecule has 0 saturated heterocycles. The van der Waals surface area contributed by atoms with Crippen LogP contribution in [0.1, 0.15) is 49.9 Å². The van der Waals surface area contributed by atoms with Gasteiger partial charge >= 0.3 is 0 Å². The van der Waals surface area contributed by atoms with Crippen LogP contribution in [0.4, 0.5) is 0 Å². The second-order valence-electron chi connectivity index (χ2n) is 13.0. The molecule has 2 aliphatic rings. The number of aromatic nitrogens is 1. The highest BCUT2D eigenvalue weighted by Crippen LogP contribution is 2.54. The van der Waals surface area contributed by atoms with Gasteiger partial charge in [0.05, 0.1) is 11.0 Å². The predicted octanol–water partition coefficient (Wildman–Crippen LogP) is 10.5. The van der Waals surface area contributed by atoms with E-state index in [0.717, 1.165) is 0 Å². The van der Waals surface area contributed by atoms with Crippen LogP contribution in [0.15, 0.2) is 115 Å². The smallest absolute Gasteiger partial charge is 0.0544 e. The largest absolute Gasteiger partial charge is 0.309 e. The van der Waals surface area contributed by atoms with Crippen molar-refractivity contribution in [2.45, 2.75) is 38.5 Å². The minimum atomic E-state index is -0.0947. The molecule has 0 radical (unpaired) electrons. The van der Waals surface area contributed by atoms with Crippen LogP contribution in [-0.4, -0.2) is 4.57 Å². The fraction of sp³-hybridized carbons (Fsp3) is 0.150. The third-order valence-electron chi connectivity index (χ3n) is 10.2. The molecule has 0 unspecified atom stereocenters. The predicted molar refractivity (Wildman–Crippen MR) is 173 cm³/mol. The Morgan fingerprint density at radius 3 is 2.00 bits per heavy atom. The fourth-order valence-electron chi connectivity index (χ4n) is 8.17. The van der Waals surface area contributed by atoms with Crippen LogP contribution in [0, 0.1) is 0 Å². The SMILES string of the molecule is CC1(C)c2ccccc2-c2ccc(-n3c4ccccc4c4cc5c(cc43)C(C)(C)c3c-5ccc4ccccc34)cc21. The van der Waals surface area contributed by atoms with Crippen molar-refractivity contribution in [1.82, 2.24) is 4.57 Å². The maximum atomic E-state index is 2.50. The summed E-state index contributed by atoms with van der Waals surface area (Å²) in [6.45, 7) is 9.53. The highest BCUT2D eigenvalue weighted by molar-refractivity contribution is 6.12. The minimum Gasteiger partial charge on any atom is -0.309 e. The monoisotopic (exact) mass is 525 g/mol. The third kappa shape index (κ3) is 2.81. The van der Waals surface area contributed by atoms with Gasteiger partial charge in [0.25, 0.3) is 0 Å². The van der Waals surface area contributed by atoms with Crippen molar-refractivity contribution in [3.05, 3.63) is 138 Å². The van der Waals surface area contributed by atoms with E-state index in [9.17, 15) is 0 Å². The van der Waals surface area contributed by atoms with Crippen LogP contribution < -0.4 is 0 Å². The molecule has 41 heavy (non-hydrogen) atoms. The van der Waals surface area contributed by atoms with Gasteiger partial charge in [-0.15, -0.1) is 0 Å². The molecule has 0 saturated carbocycles. The molecule has 7 aromatic rings. The normalized spacial score (nSPS) is 15.7. The number of hydrogen-bond acceptors (Lipinski definition) is 0. The second kappa shape index (κ2) is 7.56. The summed E-state index contributed by atoms with van der Waals surface area (Å²) in [5, 5.41) is 5.30. The van der Waals surface area contributed by atoms with Crippen LogP contribution in [0.5, 0.6) is 0 Å².